The third-order valence-electron chi connectivity index (χ3n) is 2.09. The van der Waals surface area contributed by atoms with Gasteiger partial charge in [-0.3, -0.25) is 0 Å². The first kappa shape index (κ1) is 9.69. The lowest BCUT2D eigenvalue weighted by atomic mass is 10.1. The molecule has 0 unspecified atom stereocenters. The Morgan fingerprint density at radius 1 is 1.38 bits per heavy atom. The van der Waals surface area contributed by atoms with E-state index in [9.17, 15) is 0 Å². The van der Waals surface area contributed by atoms with Crippen LogP contribution in [0.4, 0.5) is 0 Å². The Morgan fingerprint density at radius 3 is 2.85 bits per heavy atom. The molecule has 1 aromatic carbocycles. The third-order valence-corrected chi connectivity index (χ3v) is 4.71. The van der Waals surface area contributed by atoms with E-state index < -0.39 is 0 Å². The molecule has 0 amide bonds. The van der Waals surface area contributed by atoms with Crippen molar-refractivity contribution in [3.05, 3.63) is 33.1 Å². The van der Waals surface area contributed by atoms with Crippen LogP contribution in [0.1, 0.15) is 11.1 Å². The van der Waals surface area contributed by atoms with E-state index in [1.165, 1.54) is 25.7 Å². The number of benzene rings is 1. The van der Waals surface area contributed by atoms with Crippen molar-refractivity contribution in [3.8, 4) is 0 Å². The molecule has 0 spiro atoms. The van der Waals surface area contributed by atoms with Gasteiger partial charge in [0.05, 0.1) is 0 Å². The Balaban J connectivity index is 2.85. The second-order valence-electron chi connectivity index (χ2n) is 2.96. The van der Waals surface area contributed by atoms with Gasteiger partial charge in [-0.15, -0.1) is 11.3 Å². The smallest absolute Gasteiger partial charge is 0.0357 e. The molecule has 0 saturated heterocycles. The number of hydrogen-bond donors (Lipinski definition) is 0. The molecular weight excluding hydrogens is 312 g/mol. The van der Waals surface area contributed by atoms with Crippen LogP contribution in [-0.4, -0.2) is 0 Å². The first-order valence-corrected chi connectivity index (χ1v) is 6.74. The van der Waals surface area contributed by atoms with E-state index in [-0.39, 0.29) is 0 Å². The van der Waals surface area contributed by atoms with Crippen molar-refractivity contribution in [2.45, 2.75) is 12.3 Å². The highest BCUT2D eigenvalue weighted by atomic mass is 79.9. The van der Waals surface area contributed by atoms with Crippen molar-refractivity contribution < 1.29 is 0 Å². The largest absolute Gasteiger partial charge is 0.143 e. The fraction of sp³-hybridized carbons (Fsp3) is 0.200. The van der Waals surface area contributed by atoms with Gasteiger partial charge < -0.3 is 0 Å². The highest BCUT2D eigenvalue weighted by Crippen LogP contribution is 2.35. The molecule has 0 aliphatic rings. The molecule has 0 nitrogen and oxygen atoms in total. The van der Waals surface area contributed by atoms with Crippen LogP contribution >= 0.6 is 43.2 Å². The Morgan fingerprint density at radius 2 is 2.15 bits per heavy atom. The zero-order valence-electron chi connectivity index (χ0n) is 7.10. The third kappa shape index (κ3) is 1.58. The average molecular weight is 320 g/mol. The number of hydrogen-bond acceptors (Lipinski definition) is 1. The Labute approximate surface area is 98.2 Å². The second-order valence-corrected chi connectivity index (χ2v) is 5.23. The van der Waals surface area contributed by atoms with Gasteiger partial charge in [-0.1, -0.05) is 22.0 Å². The molecule has 2 rings (SSSR count). The number of halogens is 2. The van der Waals surface area contributed by atoms with Crippen LogP contribution in [0.15, 0.2) is 22.0 Å². The molecule has 68 valence electrons. The number of rotatable bonds is 1. The van der Waals surface area contributed by atoms with Crippen molar-refractivity contribution >= 4 is 53.3 Å². The van der Waals surface area contributed by atoms with E-state index in [0.29, 0.717) is 0 Å². The van der Waals surface area contributed by atoms with E-state index in [2.05, 4.69) is 56.3 Å². The molecule has 3 heteroatoms. The highest BCUT2D eigenvalue weighted by molar-refractivity contribution is 9.10. The summed E-state index contributed by atoms with van der Waals surface area (Å²) in [6, 6.07) is 4.34. The zero-order chi connectivity index (χ0) is 9.42. The molecule has 13 heavy (non-hydrogen) atoms. The van der Waals surface area contributed by atoms with E-state index in [1.54, 1.807) is 11.3 Å². The quantitative estimate of drug-likeness (QED) is 0.658. The summed E-state index contributed by atoms with van der Waals surface area (Å²) in [6.45, 7) is 2.12. The molecule has 0 atom stereocenters. The van der Waals surface area contributed by atoms with Crippen LogP contribution < -0.4 is 0 Å². The van der Waals surface area contributed by atoms with Gasteiger partial charge >= 0.3 is 0 Å². The van der Waals surface area contributed by atoms with Crippen molar-refractivity contribution in [2.24, 2.45) is 0 Å². The zero-order valence-corrected chi connectivity index (χ0v) is 11.1. The molecule has 1 heterocycles. The van der Waals surface area contributed by atoms with Crippen molar-refractivity contribution in [3.63, 3.8) is 0 Å². The highest BCUT2D eigenvalue weighted by Gasteiger charge is 2.07. The monoisotopic (exact) mass is 318 g/mol. The summed E-state index contributed by atoms with van der Waals surface area (Å²) in [5.74, 6) is 0. The maximum Gasteiger partial charge on any atom is 0.0357 e. The Kier molecular flexibility index (Phi) is 2.77. The molecule has 0 saturated carbocycles. The van der Waals surface area contributed by atoms with Gasteiger partial charge in [0.1, 0.15) is 0 Å². The molecule has 1 aromatic heterocycles. The molecule has 0 aliphatic carbocycles. The van der Waals surface area contributed by atoms with E-state index in [4.69, 9.17) is 0 Å². The van der Waals surface area contributed by atoms with Crippen LogP contribution in [0, 0.1) is 6.92 Å². The molecule has 0 radical (unpaired) electrons. The van der Waals surface area contributed by atoms with Crippen LogP contribution in [-0.2, 0) is 5.33 Å². The maximum absolute atomic E-state index is 3.64. The minimum Gasteiger partial charge on any atom is -0.143 e. The molecule has 2 aromatic rings. The summed E-state index contributed by atoms with van der Waals surface area (Å²) in [7, 11) is 0. The predicted octanol–water partition coefficient (Wildman–Crippen LogP) is 4.87. The number of fused-ring (bicyclic) bond motifs is 1. The van der Waals surface area contributed by atoms with Gasteiger partial charge in [-0.05, 0) is 45.4 Å². The van der Waals surface area contributed by atoms with Gasteiger partial charge in [0.15, 0.2) is 0 Å². The lowest BCUT2D eigenvalue weighted by Gasteiger charge is -2.01. The van der Waals surface area contributed by atoms with E-state index >= 15 is 0 Å². The Bertz CT molecular complexity index is 445. The minimum absolute atomic E-state index is 0.926. The molecule has 0 aliphatic heterocycles. The summed E-state index contributed by atoms with van der Waals surface area (Å²) >= 11 is 8.94. The maximum atomic E-state index is 3.64. The van der Waals surface area contributed by atoms with Gasteiger partial charge in [-0.2, -0.15) is 0 Å². The molecular formula is C10H8Br2S. The first-order valence-electron chi connectivity index (χ1n) is 3.95. The van der Waals surface area contributed by atoms with Crippen LogP contribution in [0.5, 0.6) is 0 Å². The topological polar surface area (TPSA) is 0 Å². The van der Waals surface area contributed by atoms with Crippen LogP contribution in [0.25, 0.3) is 10.1 Å². The normalized spacial score (nSPS) is 11.0. The van der Waals surface area contributed by atoms with Gasteiger partial charge in [-0.25, -0.2) is 0 Å². The summed E-state index contributed by atoms with van der Waals surface area (Å²) < 4.78 is 2.59. The number of aryl methyl sites for hydroxylation is 1. The lowest BCUT2D eigenvalue weighted by Crippen LogP contribution is -1.79. The molecule has 0 bridgehead atoms. The summed E-state index contributed by atoms with van der Waals surface area (Å²) in [6.07, 6.45) is 0. The van der Waals surface area contributed by atoms with Crippen molar-refractivity contribution in [2.75, 3.05) is 0 Å². The number of alkyl halides is 1. The summed E-state index contributed by atoms with van der Waals surface area (Å²) in [5, 5.41) is 4.50. The van der Waals surface area contributed by atoms with Gasteiger partial charge in [0.2, 0.25) is 0 Å². The minimum atomic E-state index is 0.926. The fourth-order valence-electron chi connectivity index (χ4n) is 1.35. The summed E-state index contributed by atoms with van der Waals surface area (Å²) in [4.78, 5) is 0. The van der Waals surface area contributed by atoms with Crippen molar-refractivity contribution in [1.29, 1.82) is 0 Å². The standard InChI is InChI=1S/C10H8Br2S/c1-6-2-3-8-9(10(6)12)7(4-11)5-13-8/h2-3,5H,4H2,1H3. The summed E-state index contributed by atoms with van der Waals surface area (Å²) in [5.41, 5.74) is 2.67. The predicted molar refractivity (Wildman–Crippen MR) is 66.9 cm³/mol. The second kappa shape index (κ2) is 3.71. The van der Waals surface area contributed by atoms with Crippen LogP contribution in [0.3, 0.4) is 0 Å². The molecule has 0 fully saturated rings. The fourth-order valence-corrected chi connectivity index (χ4v) is 3.71. The van der Waals surface area contributed by atoms with Crippen molar-refractivity contribution in [1.82, 2.24) is 0 Å². The average Bonchev–Trinajstić information content (AvgIpc) is 2.55. The molecule has 0 N–H and O–H groups in total. The van der Waals surface area contributed by atoms with E-state index in [1.807, 2.05) is 0 Å². The first-order chi connectivity index (χ1) is 6.24. The van der Waals surface area contributed by atoms with E-state index in [0.717, 1.165) is 5.33 Å². The number of thiophene rings is 1. The SMILES string of the molecule is Cc1ccc2scc(CBr)c2c1Br. The van der Waals surface area contributed by atoms with Gasteiger partial charge in [0, 0.05) is 19.9 Å². The lowest BCUT2D eigenvalue weighted by molar-refractivity contribution is 1.45. The Hall–Kier alpha value is 0.140. The van der Waals surface area contributed by atoms with Crippen LogP contribution in [0.2, 0.25) is 0 Å². The van der Waals surface area contributed by atoms with Gasteiger partial charge in [0.25, 0.3) is 0 Å².